The average Bonchev–Trinajstić information content (AvgIpc) is 3.49. The van der Waals surface area contributed by atoms with Gasteiger partial charge in [-0.05, 0) is 43.0 Å². The van der Waals surface area contributed by atoms with Gasteiger partial charge in [0, 0.05) is 37.4 Å². The second-order valence-corrected chi connectivity index (χ2v) is 10.8. The summed E-state index contributed by atoms with van der Waals surface area (Å²) >= 11 is 8.63. The molecule has 186 valence electrons. The van der Waals surface area contributed by atoms with Crippen molar-refractivity contribution in [2.24, 2.45) is 0 Å². The van der Waals surface area contributed by atoms with Crippen LogP contribution in [0.2, 0.25) is 5.15 Å². The summed E-state index contributed by atoms with van der Waals surface area (Å²) in [6.45, 7) is 1.92. The van der Waals surface area contributed by atoms with Gasteiger partial charge in [0.05, 0.1) is 12.8 Å². The third-order valence-corrected chi connectivity index (χ3v) is 7.23. The van der Waals surface area contributed by atoms with Crippen molar-refractivity contribution in [3.8, 4) is 0 Å². The number of anilines is 1. The highest BCUT2D eigenvalue weighted by Gasteiger charge is 2.12. The lowest BCUT2D eigenvalue weighted by molar-refractivity contribution is -0.118. The number of hydrogen-bond donors (Lipinski definition) is 1. The number of pyridine rings is 2. The highest BCUT2D eigenvalue weighted by atomic mass is 35.5. The normalized spacial score (nSPS) is 10.9. The molecule has 0 aliphatic rings. The van der Waals surface area contributed by atoms with E-state index in [9.17, 15) is 9.59 Å². The Morgan fingerprint density at radius 1 is 0.806 bits per heavy atom. The van der Waals surface area contributed by atoms with Crippen LogP contribution in [0, 0.1) is 6.92 Å². The molecule has 4 aromatic rings. The quantitative estimate of drug-likeness (QED) is 0.208. The number of amides is 1. The predicted octanol–water partition coefficient (Wildman–Crippen LogP) is 4.24. The van der Waals surface area contributed by atoms with Gasteiger partial charge in [0.2, 0.25) is 11.0 Å². The monoisotopic (exact) mass is 541 g/mol. The van der Waals surface area contributed by atoms with E-state index in [1.807, 2.05) is 19.1 Å². The van der Waals surface area contributed by atoms with Crippen molar-refractivity contribution < 1.29 is 9.59 Å². The minimum atomic E-state index is -0.178. The molecule has 0 aliphatic carbocycles. The van der Waals surface area contributed by atoms with Gasteiger partial charge >= 0.3 is 0 Å². The van der Waals surface area contributed by atoms with E-state index >= 15 is 0 Å². The average molecular weight is 542 g/mol. The summed E-state index contributed by atoms with van der Waals surface area (Å²) < 4.78 is 0. The zero-order chi connectivity index (χ0) is 25.3. The zero-order valence-corrected chi connectivity index (χ0v) is 22.0. The fraction of sp³-hybridized carbons (Fsp3) is 0.333. The van der Waals surface area contributed by atoms with Crippen LogP contribution in [0.4, 0.5) is 5.13 Å². The summed E-state index contributed by atoms with van der Waals surface area (Å²) in [6, 6.07) is 7.26. The summed E-state index contributed by atoms with van der Waals surface area (Å²) in [6.07, 6.45) is 7.55. The van der Waals surface area contributed by atoms with E-state index in [0.717, 1.165) is 57.5 Å². The van der Waals surface area contributed by atoms with Crippen molar-refractivity contribution in [3.05, 3.63) is 73.7 Å². The van der Waals surface area contributed by atoms with Gasteiger partial charge in [0.15, 0.2) is 0 Å². The van der Waals surface area contributed by atoms with Crippen LogP contribution in [0.3, 0.4) is 0 Å². The fourth-order valence-electron chi connectivity index (χ4n) is 3.34. The zero-order valence-electron chi connectivity index (χ0n) is 19.6. The number of rotatable bonds is 12. The highest BCUT2D eigenvalue weighted by Crippen LogP contribution is 2.19. The number of hydrogen-bond acceptors (Lipinski definition) is 10. The van der Waals surface area contributed by atoms with Crippen molar-refractivity contribution >= 4 is 51.1 Å². The number of aromatic nitrogens is 6. The Morgan fingerprint density at radius 2 is 1.47 bits per heavy atom. The first-order valence-corrected chi connectivity index (χ1v) is 13.4. The molecule has 0 aliphatic heterocycles. The van der Waals surface area contributed by atoms with Crippen LogP contribution in [0.5, 0.6) is 0 Å². The van der Waals surface area contributed by atoms with Gasteiger partial charge in [0.25, 0.3) is 0 Å². The van der Waals surface area contributed by atoms with E-state index in [0.29, 0.717) is 23.1 Å². The number of aryl methyl sites for hydroxylation is 3. The highest BCUT2D eigenvalue weighted by molar-refractivity contribution is 7.15. The van der Waals surface area contributed by atoms with Crippen molar-refractivity contribution in [3.63, 3.8) is 0 Å². The Morgan fingerprint density at radius 3 is 2.19 bits per heavy atom. The van der Waals surface area contributed by atoms with Crippen molar-refractivity contribution in [1.29, 1.82) is 0 Å². The summed E-state index contributed by atoms with van der Waals surface area (Å²) in [5.41, 5.74) is 2.62. The molecule has 36 heavy (non-hydrogen) atoms. The van der Waals surface area contributed by atoms with E-state index in [4.69, 9.17) is 11.6 Å². The van der Waals surface area contributed by atoms with Gasteiger partial charge in [0.1, 0.15) is 26.0 Å². The Hall–Kier alpha value is -3.15. The maximum atomic E-state index is 12.3. The molecule has 4 rings (SSSR count). The summed E-state index contributed by atoms with van der Waals surface area (Å²) in [5.74, 6) is -0.0738. The van der Waals surface area contributed by atoms with Gasteiger partial charge in [-0.15, -0.1) is 31.7 Å². The number of Topliss-reactive ketones (excluding diaryl/α,β-unsaturated/α-hetero) is 1. The summed E-state index contributed by atoms with van der Waals surface area (Å²) in [4.78, 5) is 32.7. The second-order valence-electron chi connectivity index (χ2n) is 8.21. The molecule has 0 atom stereocenters. The molecule has 4 heterocycles. The maximum absolute atomic E-state index is 12.3. The van der Waals surface area contributed by atoms with Gasteiger partial charge in [-0.2, -0.15) is 0 Å². The lowest BCUT2D eigenvalue weighted by atomic mass is 10.1. The molecule has 0 spiro atoms. The smallest absolute Gasteiger partial charge is 0.230 e. The molecular weight excluding hydrogens is 518 g/mol. The Bertz CT molecular complexity index is 1210. The molecule has 0 fully saturated rings. The molecule has 0 unspecified atom stereocenters. The maximum Gasteiger partial charge on any atom is 0.230 e. The Balaban J connectivity index is 1.15. The molecular formula is C24H24ClN7O2S2. The Kier molecular flexibility index (Phi) is 9.15. The second kappa shape index (κ2) is 12.7. The molecule has 0 bridgehead atoms. The van der Waals surface area contributed by atoms with Crippen LogP contribution in [-0.2, 0) is 41.7 Å². The van der Waals surface area contributed by atoms with Crippen LogP contribution < -0.4 is 5.32 Å². The van der Waals surface area contributed by atoms with E-state index in [-0.39, 0.29) is 18.1 Å². The number of carbonyl (C=O) groups is 2. The first kappa shape index (κ1) is 25.9. The van der Waals surface area contributed by atoms with Crippen LogP contribution >= 0.6 is 34.3 Å². The van der Waals surface area contributed by atoms with Crippen LogP contribution in [-0.4, -0.2) is 42.1 Å². The first-order valence-electron chi connectivity index (χ1n) is 11.4. The fourth-order valence-corrected chi connectivity index (χ4v) is 5.16. The van der Waals surface area contributed by atoms with Crippen LogP contribution in [0.15, 0.2) is 36.7 Å². The number of halogens is 1. The van der Waals surface area contributed by atoms with Gasteiger partial charge in [-0.25, -0.2) is 4.98 Å². The molecule has 0 aromatic carbocycles. The van der Waals surface area contributed by atoms with Gasteiger partial charge in [-0.1, -0.05) is 35.1 Å². The number of ketones is 1. The largest absolute Gasteiger partial charge is 0.300 e. The SMILES string of the molecule is Cc1ccc(CC(=O)Cc2nnc(CCCCc3nnc(NC(=O)Cc4ccc(Cl)nc4)s3)s2)cn1. The standard InChI is InChI=1S/C24H24ClN7O2S2/c1-15-6-7-16(13-26-15)10-18(33)12-23-31-29-21(35-23)4-2-3-5-22-30-32-24(36-22)28-20(34)11-17-8-9-19(25)27-14-17/h6-9,13-14H,2-5,10-12H2,1H3,(H,28,32,34). The molecule has 9 nitrogen and oxygen atoms in total. The molecule has 1 amide bonds. The lowest BCUT2D eigenvalue weighted by Gasteiger charge is -2.01. The van der Waals surface area contributed by atoms with Crippen LogP contribution in [0.1, 0.15) is 44.7 Å². The molecule has 0 saturated heterocycles. The first-order chi connectivity index (χ1) is 17.4. The minimum Gasteiger partial charge on any atom is -0.300 e. The summed E-state index contributed by atoms with van der Waals surface area (Å²) in [7, 11) is 0. The Labute approximate surface area is 221 Å². The molecule has 4 aromatic heterocycles. The van der Waals surface area contributed by atoms with E-state index in [1.165, 1.54) is 22.7 Å². The number of carbonyl (C=O) groups excluding carboxylic acids is 2. The van der Waals surface area contributed by atoms with Crippen molar-refractivity contribution in [1.82, 2.24) is 30.4 Å². The molecule has 0 radical (unpaired) electrons. The number of nitrogens with one attached hydrogen (secondary N) is 1. The lowest BCUT2D eigenvalue weighted by Crippen LogP contribution is -2.14. The van der Waals surface area contributed by atoms with E-state index < -0.39 is 0 Å². The molecule has 12 heteroatoms. The van der Waals surface area contributed by atoms with Crippen LogP contribution in [0.25, 0.3) is 0 Å². The van der Waals surface area contributed by atoms with E-state index in [1.54, 1.807) is 24.5 Å². The molecule has 1 N–H and O–H groups in total. The van der Waals surface area contributed by atoms with Gasteiger partial charge in [-0.3, -0.25) is 14.6 Å². The molecule has 0 saturated carbocycles. The topological polar surface area (TPSA) is 124 Å². The number of unbranched alkanes of at least 4 members (excludes halogenated alkanes) is 1. The van der Waals surface area contributed by atoms with E-state index in [2.05, 4.69) is 35.7 Å². The van der Waals surface area contributed by atoms with Crippen molar-refractivity contribution in [2.45, 2.75) is 51.9 Å². The third-order valence-electron chi connectivity index (χ3n) is 5.13. The predicted molar refractivity (Wildman–Crippen MR) is 139 cm³/mol. The third kappa shape index (κ3) is 8.21. The van der Waals surface area contributed by atoms with Gasteiger partial charge < -0.3 is 5.32 Å². The van der Waals surface area contributed by atoms with Crippen molar-refractivity contribution in [2.75, 3.05) is 5.32 Å². The number of nitrogens with zero attached hydrogens (tertiary/aromatic N) is 6. The minimum absolute atomic E-state index is 0.104. The summed E-state index contributed by atoms with van der Waals surface area (Å²) in [5, 5.41) is 22.8.